The molecule has 4 rings (SSSR count). The smallest absolute Gasteiger partial charge is 0.226 e. The highest BCUT2D eigenvalue weighted by Gasteiger charge is 2.27. The fourth-order valence-electron chi connectivity index (χ4n) is 4.12. The molecule has 7 nitrogen and oxygen atoms in total. The number of piperidine rings is 1. The first-order valence-electron chi connectivity index (χ1n) is 10.8. The lowest BCUT2D eigenvalue weighted by Gasteiger charge is -2.32. The number of carbonyl (C=O) groups excluding carboxylic acids is 1. The molecule has 2 aromatic carbocycles. The molecule has 1 N–H and O–H groups in total. The number of aromatic nitrogens is 2. The zero-order chi connectivity index (χ0) is 22.9. The van der Waals surface area contributed by atoms with E-state index in [0.29, 0.717) is 24.6 Å². The number of aryl methyl sites for hydroxylation is 1. The van der Waals surface area contributed by atoms with Gasteiger partial charge in [-0.1, -0.05) is 30.3 Å². The first-order chi connectivity index (χ1) is 15.2. The number of sulfone groups is 1. The number of anilines is 1. The Morgan fingerprint density at radius 3 is 2.44 bits per heavy atom. The average Bonchev–Trinajstić information content (AvgIpc) is 2.78. The van der Waals surface area contributed by atoms with Gasteiger partial charge in [0.2, 0.25) is 11.9 Å². The SMILES string of the molecule is Cc1nc(N2CCC(C(=O)N[C@@H](C)c3ccccc3)CC2)nc2cc(S(C)(=O)=O)ccc12. The molecule has 0 bridgehead atoms. The van der Waals surface area contributed by atoms with Gasteiger partial charge in [-0.2, -0.15) is 0 Å². The third-order valence-corrected chi connectivity index (χ3v) is 7.19. The molecule has 0 spiro atoms. The lowest BCUT2D eigenvalue weighted by molar-refractivity contribution is -0.126. The molecule has 1 aliphatic heterocycles. The van der Waals surface area contributed by atoms with Gasteiger partial charge in [-0.25, -0.2) is 18.4 Å². The van der Waals surface area contributed by atoms with Crippen LogP contribution in [0.5, 0.6) is 0 Å². The van der Waals surface area contributed by atoms with Crippen LogP contribution in [0.2, 0.25) is 0 Å². The van der Waals surface area contributed by atoms with Gasteiger partial charge in [0.25, 0.3) is 0 Å². The molecular weight excluding hydrogens is 424 g/mol. The summed E-state index contributed by atoms with van der Waals surface area (Å²) in [7, 11) is -3.31. The van der Waals surface area contributed by atoms with E-state index in [4.69, 9.17) is 0 Å². The van der Waals surface area contributed by atoms with Crippen LogP contribution in [0.1, 0.15) is 37.1 Å². The Bertz CT molecular complexity index is 1240. The molecule has 0 radical (unpaired) electrons. The van der Waals surface area contributed by atoms with Gasteiger partial charge in [0.1, 0.15) is 0 Å². The summed E-state index contributed by atoms with van der Waals surface area (Å²) < 4.78 is 23.8. The quantitative estimate of drug-likeness (QED) is 0.638. The summed E-state index contributed by atoms with van der Waals surface area (Å²) in [5, 5.41) is 3.97. The van der Waals surface area contributed by atoms with Crippen LogP contribution in [-0.4, -0.2) is 43.6 Å². The number of benzene rings is 2. The van der Waals surface area contributed by atoms with Crippen molar-refractivity contribution >= 4 is 32.6 Å². The molecular formula is C24H28N4O3S. The van der Waals surface area contributed by atoms with E-state index in [0.717, 1.165) is 29.5 Å². The van der Waals surface area contributed by atoms with Crippen LogP contribution >= 0.6 is 0 Å². The molecule has 8 heteroatoms. The van der Waals surface area contributed by atoms with Gasteiger partial charge in [0, 0.05) is 30.6 Å². The molecule has 1 fully saturated rings. The van der Waals surface area contributed by atoms with Gasteiger partial charge >= 0.3 is 0 Å². The predicted molar refractivity (Wildman–Crippen MR) is 125 cm³/mol. The summed E-state index contributed by atoms with van der Waals surface area (Å²) in [4.78, 5) is 24.4. The maximum Gasteiger partial charge on any atom is 0.226 e. The largest absolute Gasteiger partial charge is 0.349 e. The van der Waals surface area contributed by atoms with Gasteiger partial charge in [0.15, 0.2) is 9.84 Å². The number of carbonyl (C=O) groups is 1. The van der Waals surface area contributed by atoms with Crippen molar-refractivity contribution in [3.05, 3.63) is 59.8 Å². The first kappa shape index (κ1) is 22.2. The lowest BCUT2D eigenvalue weighted by Crippen LogP contribution is -2.41. The van der Waals surface area contributed by atoms with Crippen molar-refractivity contribution in [2.75, 3.05) is 24.2 Å². The van der Waals surface area contributed by atoms with E-state index >= 15 is 0 Å². The van der Waals surface area contributed by atoms with E-state index in [9.17, 15) is 13.2 Å². The Hall–Kier alpha value is -3.00. The van der Waals surface area contributed by atoms with Gasteiger partial charge < -0.3 is 10.2 Å². The minimum atomic E-state index is -3.31. The molecule has 32 heavy (non-hydrogen) atoms. The maximum atomic E-state index is 12.8. The Morgan fingerprint density at radius 2 is 1.78 bits per heavy atom. The Morgan fingerprint density at radius 1 is 1.09 bits per heavy atom. The predicted octanol–water partition coefficient (Wildman–Crippen LogP) is 3.44. The molecule has 1 aliphatic rings. The molecule has 168 valence electrons. The highest BCUT2D eigenvalue weighted by Crippen LogP contribution is 2.26. The molecule has 1 amide bonds. The summed E-state index contributed by atoms with van der Waals surface area (Å²) in [6.07, 6.45) is 2.63. The van der Waals surface area contributed by atoms with Crippen LogP contribution in [0.25, 0.3) is 10.9 Å². The van der Waals surface area contributed by atoms with E-state index in [-0.39, 0.29) is 22.8 Å². The average molecular weight is 453 g/mol. The molecule has 1 atom stereocenters. The minimum Gasteiger partial charge on any atom is -0.349 e. The first-order valence-corrected chi connectivity index (χ1v) is 12.7. The van der Waals surface area contributed by atoms with E-state index in [1.807, 2.05) is 44.2 Å². The van der Waals surface area contributed by atoms with Crippen LogP contribution < -0.4 is 10.2 Å². The Kier molecular flexibility index (Phi) is 6.15. The summed E-state index contributed by atoms with van der Waals surface area (Å²) in [5.41, 5.74) is 2.51. The van der Waals surface area contributed by atoms with Crippen molar-refractivity contribution in [2.24, 2.45) is 5.92 Å². The topological polar surface area (TPSA) is 92.3 Å². The fourth-order valence-corrected chi connectivity index (χ4v) is 4.76. The number of hydrogen-bond acceptors (Lipinski definition) is 6. The summed E-state index contributed by atoms with van der Waals surface area (Å²) in [6, 6.07) is 14.9. The van der Waals surface area contributed by atoms with Crippen molar-refractivity contribution < 1.29 is 13.2 Å². The summed E-state index contributed by atoms with van der Waals surface area (Å²) in [6.45, 7) is 5.25. The number of nitrogens with zero attached hydrogens (tertiary/aromatic N) is 3. The van der Waals surface area contributed by atoms with Crippen molar-refractivity contribution in [1.82, 2.24) is 15.3 Å². The van der Waals surface area contributed by atoms with Crippen molar-refractivity contribution in [2.45, 2.75) is 37.6 Å². The zero-order valence-corrected chi connectivity index (χ0v) is 19.4. The number of fused-ring (bicyclic) bond motifs is 1. The highest BCUT2D eigenvalue weighted by atomic mass is 32.2. The van der Waals surface area contributed by atoms with Gasteiger partial charge in [-0.05, 0) is 50.5 Å². The number of hydrogen-bond donors (Lipinski definition) is 1. The maximum absolute atomic E-state index is 12.8. The number of rotatable bonds is 5. The van der Waals surface area contributed by atoms with Crippen LogP contribution in [0, 0.1) is 12.8 Å². The minimum absolute atomic E-state index is 0.0303. The molecule has 1 aromatic heterocycles. The Labute approximate surface area is 188 Å². The highest BCUT2D eigenvalue weighted by molar-refractivity contribution is 7.90. The van der Waals surface area contributed by atoms with Gasteiger partial charge in [0.05, 0.1) is 22.1 Å². The van der Waals surface area contributed by atoms with Crippen LogP contribution in [-0.2, 0) is 14.6 Å². The molecule has 3 aromatic rings. The molecule has 0 aliphatic carbocycles. The third-order valence-electron chi connectivity index (χ3n) is 6.08. The van der Waals surface area contributed by atoms with E-state index in [1.54, 1.807) is 18.2 Å². The standard InChI is InChI=1S/C24H28N4O3S/c1-16(18-7-5-4-6-8-18)25-23(29)19-11-13-28(14-12-19)24-26-17(2)21-10-9-20(32(3,30)31)15-22(21)27-24/h4-10,15-16,19H,11-14H2,1-3H3,(H,25,29)/t16-/m0/s1. The normalized spacial score (nSPS) is 16.2. The van der Waals surface area contributed by atoms with Crippen molar-refractivity contribution in [3.8, 4) is 0 Å². The molecule has 1 saturated heterocycles. The summed E-state index contributed by atoms with van der Waals surface area (Å²) >= 11 is 0. The van der Waals surface area contributed by atoms with E-state index < -0.39 is 9.84 Å². The second-order valence-electron chi connectivity index (χ2n) is 8.46. The monoisotopic (exact) mass is 452 g/mol. The van der Waals surface area contributed by atoms with Crippen LogP contribution in [0.15, 0.2) is 53.4 Å². The van der Waals surface area contributed by atoms with Crippen LogP contribution in [0.4, 0.5) is 5.95 Å². The van der Waals surface area contributed by atoms with Crippen molar-refractivity contribution in [1.29, 1.82) is 0 Å². The van der Waals surface area contributed by atoms with E-state index in [2.05, 4.69) is 20.2 Å². The van der Waals surface area contributed by atoms with Crippen molar-refractivity contribution in [3.63, 3.8) is 0 Å². The fraction of sp³-hybridized carbons (Fsp3) is 0.375. The zero-order valence-electron chi connectivity index (χ0n) is 18.6. The number of nitrogens with one attached hydrogen (secondary N) is 1. The molecule has 2 heterocycles. The third kappa shape index (κ3) is 4.75. The Balaban J connectivity index is 1.45. The number of amides is 1. The molecule has 0 saturated carbocycles. The van der Waals surface area contributed by atoms with Gasteiger partial charge in [-0.3, -0.25) is 4.79 Å². The lowest BCUT2D eigenvalue weighted by atomic mass is 9.95. The molecule has 0 unspecified atom stereocenters. The second kappa shape index (κ2) is 8.86. The van der Waals surface area contributed by atoms with Gasteiger partial charge in [-0.15, -0.1) is 0 Å². The van der Waals surface area contributed by atoms with Crippen LogP contribution in [0.3, 0.4) is 0 Å². The summed E-state index contributed by atoms with van der Waals surface area (Å²) in [5.74, 6) is 0.613. The second-order valence-corrected chi connectivity index (χ2v) is 10.5. The van der Waals surface area contributed by atoms with E-state index in [1.165, 1.54) is 6.26 Å².